The zero-order valence-corrected chi connectivity index (χ0v) is 14.8. The molecule has 0 saturated carbocycles. The maximum Gasteiger partial charge on any atom is 0.312 e. The zero-order chi connectivity index (χ0) is 18.7. The molecule has 3 rings (SSSR count). The summed E-state index contributed by atoms with van der Waals surface area (Å²) in [4.78, 5) is 11.7. The molecule has 0 fully saturated rings. The summed E-state index contributed by atoms with van der Waals surface area (Å²) in [5.41, 5.74) is 3.32. The first-order chi connectivity index (χ1) is 12.4. The largest absolute Gasteiger partial charge is 0.481 e. The van der Waals surface area contributed by atoms with Gasteiger partial charge in [-0.2, -0.15) is 5.26 Å². The molecule has 0 aliphatic heterocycles. The molecule has 1 unspecified atom stereocenters. The van der Waals surface area contributed by atoms with Crippen molar-refractivity contribution in [2.75, 3.05) is 6.54 Å². The quantitative estimate of drug-likeness (QED) is 0.810. The van der Waals surface area contributed by atoms with Crippen molar-refractivity contribution in [3.8, 4) is 6.07 Å². The van der Waals surface area contributed by atoms with Crippen LogP contribution in [0.3, 0.4) is 0 Å². The zero-order valence-electron chi connectivity index (χ0n) is 14.0. The molecule has 1 aliphatic carbocycles. The number of aryl methyl sites for hydroxylation is 2. The van der Waals surface area contributed by atoms with E-state index >= 15 is 0 Å². The molecule has 2 aromatic rings. The molecule has 134 valence electrons. The number of fused-ring (bicyclic) bond motifs is 1. The number of hydrogen-bond donors (Lipinski definition) is 2. The van der Waals surface area contributed by atoms with E-state index in [0.717, 1.165) is 24.8 Å². The minimum Gasteiger partial charge on any atom is -0.481 e. The summed E-state index contributed by atoms with van der Waals surface area (Å²) in [5, 5.41) is 18.3. The lowest BCUT2D eigenvalue weighted by Gasteiger charge is -2.15. The van der Waals surface area contributed by atoms with E-state index in [9.17, 15) is 18.3 Å². The average molecular weight is 370 g/mol. The predicted molar refractivity (Wildman–Crippen MR) is 95.2 cm³/mol. The molecule has 0 amide bonds. The fourth-order valence-electron chi connectivity index (χ4n) is 3.14. The van der Waals surface area contributed by atoms with Gasteiger partial charge in [0.05, 0.1) is 22.4 Å². The Bertz CT molecular complexity index is 976. The predicted octanol–water partition coefficient (Wildman–Crippen LogP) is 2.19. The number of hydrogen-bond acceptors (Lipinski definition) is 4. The molecular weight excluding hydrogens is 352 g/mol. The Morgan fingerprint density at radius 1 is 1.15 bits per heavy atom. The first-order valence-electron chi connectivity index (χ1n) is 8.25. The molecule has 2 N–H and O–H groups in total. The average Bonchev–Trinajstić information content (AvgIpc) is 3.09. The molecule has 0 spiro atoms. The summed E-state index contributed by atoms with van der Waals surface area (Å²) >= 11 is 0. The van der Waals surface area contributed by atoms with Crippen LogP contribution in [0.15, 0.2) is 47.4 Å². The fraction of sp³-hybridized carbons (Fsp3) is 0.263. The van der Waals surface area contributed by atoms with Gasteiger partial charge in [-0.15, -0.1) is 0 Å². The van der Waals surface area contributed by atoms with Crippen LogP contribution >= 0.6 is 0 Å². The van der Waals surface area contributed by atoms with E-state index in [1.165, 1.54) is 29.8 Å². The summed E-state index contributed by atoms with van der Waals surface area (Å²) < 4.78 is 27.1. The number of sulfonamides is 1. The van der Waals surface area contributed by atoms with Crippen LogP contribution in [-0.2, 0) is 27.7 Å². The van der Waals surface area contributed by atoms with Gasteiger partial charge in [0.1, 0.15) is 0 Å². The normalized spacial score (nSPS) is 14.4. The van der Waals surface area contributed by atoms with E-state index in [1.54, 1.807) is 6.07 Å². The van der Waals surface area contributed by atoms with Gasteiger partial charge < -0.3 is 5.11 Å². The molecular formula is C19H18N2O4S. The minimum absolute atomic E-state index is 0.00501. The highest BCUT2D eigenvalue weighted by Crippen LogP contribution is 2.26. The first-order valence-corrected chi connectivity index (χ1v) is 9.73. The number of benzene rings is 2. The van der Waals surface area contributed by atoms with Gasteiger partial charge in [-0.3, -0.25) is 4.79 Å². The standard InChI is InChI=1S/C19H18N2O4S/c20-11-13-4-8-17(9-5-13)26(24,25)21-12-18(19(22)23)16-7-6-14-2-1-3-15(14)10-16/h4-10,18,21H,1-3,12H2,(H,22,23). The Morgan fingerprint density at radius 2 is 1.85 bits per heavy atom. The third-order valence-electron chi connectivity index (χ3n) is 4.59. The summed E-state index contributed by atoms with van der Waals surface area (Å²) in [6.07, 6.45) is 2.98. The minimum atomic E-state index is -3.86. The maximum absolute atomic E-state index is 12.4. The Labute approximate surface area is 152 Å². The molecule has 6 nitrogen and oxygen atoms in total. The SMILES string of the molecule is N#Cc1ccc(S(=O)(=O)NCC(C(=O)O)c2ccc3c(c2)CCC3)cc1. The van der Waals surface area contributed by atoms with Gasteiger partial charge in [-0.25, -0.2) is 13.1 Å². The Kier molecular flexibility index (Phi) is 5.07. The molecule has 1 atom stereocenters. The van der Waals surface area contributed by atoms with Crippen LogP contribution in [0.4, 0.5) is 0 Å². The van der Waals surface area contributed by atoms with E-state index in [4.69, 9.17) is 5.26 Å². The van der Waals surface area contributed by atoms with Crippen molar-refractivity contribution in [2.45, 2.75) is 30.1 Å². The molecule has 0 heterocycles. The lowest BCUT2D eigenvalue weighted by Crippen LogP contribution is -2.31. The molecule has 7 heteroatoms. The van der Waals surface area contributed by atoms with Crippen LogP contribution in [0.25, 0.3) is 0 Å². The molecule has 0 aromatic heterocycles. The van der Waals surface area contributed by atoms with E-state index < -0.39 is 21.9 Å². The maximum atomic E-state index is 12.4. The summed E-state index contributed by atoms with van der Waals surface area (Å²) in [6.45, 7) is -0.240. The highest BCUT2D eigenvalue weighted by Gasteiger charge is 2.25. The van der Waals surface area contributed by atoms with Gasteiger partial charge in [-0.05, 0) is 60.2 Å². The lowest BCUT2D eigenvalue weighted by atomic mass is 9.96. The van der Waals surface area contributed by atoms with Crippen molar-refractivity contribution >= 4 is 16.0 Å². The van der Waals surface area contributed by atoms with E-state index in [1.807, 2.05) is 18.2 Å². The lowest BCUT2D eigenvalue weighted by molar-refractivity contribution is -0.138. The number of carboxylic acid groups (broad SMARTS) is 1. The van der Waals surface area contributed by atoms with E-state index in [0.29, 0.717) is 11.1 Å². The number of nitrogens with one attached hydrogen (secondary N) is 1. The van der Waals surface area contributed by atoms with Crippen LogP contribution in [0, 0.1) is 11.3 Å². The topological polar surface area (TPSA) is 107 Å². The van der Waals surface area contributed by atoms with Gasteiger partial charge in [0.15, 0.2) is 0 Å². The fourth-order valence-corrected chi connectivity index (χ4v) is 4.19. The van der Waals surface area contributed by atoms with Crippen LogP contribution in [-0.4, -0.2) is 26.0 Å². The van der Waals surface area contributed by atoms with Gasteiger partial charge in [0, 0.05) is 6.54 Å². The Hall–Kier alpha value is -2.69. The second-order valence-corrected chi connectivity index (χ2v) is 8.03. The molecule has 2 aromatic carbocycles. The van der Waals surface area contributed by atoms with Crippen LogP contribution in [0.1, 0.15) is 34.6 Å². The summed E-state index contributed by atoms with van der Waals surface area (Å²) in [5.74, 6) is -2.04. The van der Waals surface area contributed by atoms with Crippen molar-refractivity contribution in [1.29, 1.82) is 5.26 Å². The number of carboxylic acids is 1. The third-order valence-corrected chi connectivity index (χ3v) is 6.03. The number of carbonyl (C=O) groups is 1. The van der Waals surface area contributed by atoms with Gasteiger partial charge in [-0.1, -0.05) is 18.2 Å². The summed E-state index contributed by atoms with van der Waals surface area (Å²) in [6, 6.07) is 13.0. The second-order valence-electron chi connectivity index (χ2n) is 6.26. The Morgan fingerprint density at radius 3 is 2.50 bits per heavy atom. The third kappa shape index (κ3) is 3.77. The Balaban J connectivity index is 1.78. The molecule has 0 saturated heterocycles. The number of aliphatic carboxylic acids is 1. The number of nitrogens with zero attached hydrogens (tertiary/aromatic N) is 1. The van der Waals surface area contributed by atoms with Crippen molar-refractivity contribution < 1.29 is 18.3 Å². The first kappa shape index (κ1) is 18.1. The van der Waals surface area contributed by atoms with Crippen LogP contribution in [0.5, 0.6) is 0 Å². The smallest absolute Gasteiger partial charge is 0.312 e. The number of rotatable bonds is 6. The van der Waals surface area contributed by atoms with Gasteiger partial charge in [0.25, 0.3) is 0 Å². The van der Waals surface area contributed by atoms with Gasteiger partial charge in [0.2, 0.25) is 10.0 Å². The second kappa shape index (κ2) is 7.28. The monoisotopic (exact) mass is 370 g/mol. The van der Waals surface area contributed by atoms with Crippen LogP contribution < -0.4 is 4.72 Å². The summed E-state index contributed by atoms with van der Waals surface area (Å²) in [7, 11) is -3.86. The van der Waals surface area contributed by atoms with Crippen molar-refractivity contribution in [2.24, 2.45) is 0 Å². The van der Waals surface area contributed by atoms with Crippen molar-refractivity contribution in [3.05, 3.63) is 64.7 Å². The molecule has 26 heavy (non-hydrogen) atoms. The number of nitriles is 1. The van der Waals surface area contributed by atoms with Gasteiger partial charge >= 0.3 is 5.97 Å². The highest BCUT2D eigenvalue weighted by atomic mass is 32.2. The van der Waals surface area contributed by atoms with Crippen molar-refractivity contribution in [1.82, 2.24) is 4.72 Å². The van der Waals surface area contributed by atoms with E-state index in [-0.39, 0.29) is 11.4 Å². The molecule has 0 bridgehead atoms. The van der Waals surface area contributed by atoms with Crippen LogP contribution in [0.2, 0.25) is 0 Å². The highest BCUT2D eigenvalue weighted by molar-refractivity contribution is 7.89. The molecule has 0 radical (unpaired) electrons. The van der Waals surface area contributed by atoms with Crippen molar-refractivity contribution in [3.63, 3.8) is 0 Å². The van der Waals surface area contributed by atoms with E-state index in [2.05, 4.69) is 4.72 Å². The molecule has 1 aliphatic rings.